The van der Waals surface area contributed by atoms with Crippen molar-refractivity contribution in [3.05, 3.63) is 18.3 Å². The third-order valence-electron chi connectivity index (χ3n) is 2.57. The van der Waals surface area contributed by atoms with E-state index in [1.165, 1.54) is 12.8 Å². The zero-order valence-electron chi connectivity index (χ0n) is 9.61. The highest BCUT2D eigenvalue weighted by Gasteiger charge is 2.20. The Kier molecular flexibility index (Phi) is 3.99. The van der Waals surface area contributed by atoms with Gasteiger partial charge >= 0.3 is 0 Å². The molecule has 1 aromatic heterocycles. The number of methoxy groups -OCH3 is 1. The number of anilines is 1. The molecule has 0 spiro atoms. The van der Waals surface area contributed by atoms with Crippen LogP contribution in [0.3, 0.4) is 0 Å². The molecule has 1 aromatic rings. The second-order valence-electron chi connectivity index (χ2n) is 4.05. The van der Waals surface area contributed by atoms with Gasteiger partial charge in [-0.1, -0.05) is 0 Å². The maximum absolute atomic E-state index is 5.38. The first-order valence-corrected chi connectivity index (χ1v) is 5.70. The Bertz CT molecular complexity index is 309. The van der Waals surface area contributed by atoms with E-state index in [-0.39, 0.29) is 0 Å². The molecule has 88 valence electrons. The third kappa shape index (κ3) is 3.70. The number of pyridine rings is 1. The van der Waals surface area contributed by atoms with Crippen molar-refractivity contribution in [1.29, 1.82) is 0 Å². The fraction of sp³-hybridized carbons (Fsp3) is 0.583. The van der Waals surface area contributed by atoms with Crippen LogP contribution in [0.1, 0.15) is 12.8 Å². The van der Waals surface area contributed by atoms with Gasteiger partial charge in [-0.25, -0.2) is 4.98 Å². The average Bonchev–Trinajstić information content (AvgIpc) is 3.12. The van der Waals surface area contributed by atoms with Gasteiger partial charge in [0.25, 0.3) is 0 Å². The Labute approximate surface area is 96.0 Å². The first-order chi connectivity index (χ1) is 7.88. The van der Waals surface area contributed by atoms with E-state index in [0.717, 1.165) is 18.2 Å². The zero-order chi connectivity index (χ0) is 11.2. The second-order valence-corrected chi connectivity index (χ2v) is 4.05. The van der Waals surface area contributed by atoms with E-state index < -0.39 is 0 Å². The molecule has 0 aromatic carbocycles. The van der Waals surface area contributed by atoms with Gasteiger partial charge in [0, 0.05) is 19.7 Å². The summed E-state index contributed by atoms with van der Waals surface area (Å²) in [6.45, 7) is 2.19. The fourth-order valence-electron chi connectivity index (χ4n) is 1.38. The highest BCUT2D eigenvalue weighted by atomic mass is 16.5. The van der Waals surface area contributed by atoms with E-state index in [1.807, 2.05) is 18.3 Å². The molecule has 0 unspecified atom stereocenters. The Morgan fingerprint density at radius 2 is 2.25 bits per heavy atom. The second kappa shape index (κ2) is 5.70. The van der Waals surface area contributed by atoms with Crippen molar-refractivity contribution in [2.24, 2.45) is 5.92 Å². The molecule has 1 heterocycles. The molecule has 0 bridgehead atoms. The van der Waals surface area contributed by atoms with Crippen LogP contribution >= 0.6 is 0 Å². The van der Waals surface area contributed by atoms with Crippen LogP contribution in [0.5, 0.6) is 5.88 Å². The quantitative estimate of drug-likeness (QED) is 0.716. The first kappa shape index (κ1) is 11.2. The molecule has 0 aliphatic heterocycles. The summed E-state index contributed by atoms with van der Waals surface area (Å²) < 4.78 is 10.3. The van der Waals surface area contributed by atoms with Crippen LogP contribution in [0.15, 0.2) is 18.3 Å². The van der Waals surface area contributed by atoms with E-state index in [1.54, 1.807) is 7.11 Å². The number of ether oxygens (including phenoxy) is 2. The van der Waals surface area contributed by atoms with Crippen molar-refractivity contribution in [2.75, 3.05) is 32.2 Å². The van der Waals surface area contributed by atoms with Gasteiger partial charge in [0.2, 0.25) is 5.88 Å². The molecule has 0 atom stereocenters. The number of hydrogen-bond donors (Lipinski definition) is 1. The molecule has 4 nitrogen and oxygen atoms in total. The van der Waals surface area contributed by atoms with Crippen LogP contribution in [0, 0.1) is 5.92 Å². The van der Waals surface area contributed by atoms with Crippen molar-refractivity contribution in [3.8, 4) is 5.88 Å². The van der Waals surface area contributed by atoms with Crippen LogP contribution < -0.4 is 10.1 Å². The fourth-order valence-corrected chi connectivity index (χ4v) is 1.38. The highest BCUT2D eigenvalue weighted by Crippen LogP contribution is 2.28. The number of nitrogens with zero attached hydrogens (tertiary/aromatic N) is 1. The van der Waals surface area contributed by atoms with Crippen LogP contribution in [0.4, 0.5) is 5.69 Å². The minimum absolute atomic E-state index is 0.540. The van der Waals surface area contributed by atoms with Gasteiger partial charge in [-0.15, -0.1) is 0 Å². The molecular formula is C12H18N2O2. The number of nitrogens with one attached hydrogen (secondary N) is 1. The summed E-state index contributed by atoms with van der Waals surface area (Å²) in [6.07, 6.45) is 4.53. The molecule has 1 N–H and O–H groups in total. The van der Waals surface area contributed by atoms with Gasteiger partial charge < -0.3 is 14.8 Å². The van der Waals surface area contributed by atoms with Crippen LogP contribution in [0.25, 0.3) is 0 Å². The normalized spacial score (nSPS) is 14.8. The Hall–Kier alpha value is -1.29. The van der Waals surface area contributed by atoms with Gasteiger partial charge in [0.05, 0.1) is 18.5 Å². The lowest BCUT2D eigenvalue weighted by atomic mass is 10.3. The average molecular weight is 222 g/mol. The lowest BCUT2D eigenvalue weighted by Crippen LogP contribution is -2.06. The SMILES string of the molecule is COCCOc1ccc(NCC2CC2)cn1. The van der Waals surface area contributed by atoms with E-state index in [0.29, 0.717) is 19.1 Å². The maximum Gasteiger partial charge on any atom is 0.213 e. The Morgan fingerprint density at radius 3 is 2.88 bits per heavy atom. The minimum atomic E-state index is 0.540. The van der Waals surface area contributed by atoms with E-state index in [2.05, 4.69) is 10.3 Å². The molecule has 0 radical (unpaired) electrons. The van der Waals surface area contributed by atoms with E-state index in [9.17, 15) is 0 Å². The van der Waals surface area contributed by atoms with Crippen LogP contribution in [0.2, 0.25) is 0 Å². The van der Waals surface area contributed by atoms with Crippen molar-refractivity contribution in [3.63, 3.8) is 0 Å². The molecule has 0 saturated heterocycles. The summed E-state index contributed by atoms with van der Waals surface area (Å²) in [6, 6.07) is 3.88. The molecule has 1 fully saturated rings. The largest absolute Gasteiger partial charge is 0.475 e. The molecule has 1 aliphatic rings. The zero-order valence-corrected chi connectivity index (χ0v) is 9.61. The summed E-state index contributed by atoms with van der Waals surface area (Å²) in [5.74, 6) is 1.52. The maximum atomic E-state index is 5.38. The summed E-state index contributed by atoms with van der Waals surface area (Å²) in [5, 5.41) is 3.36. The predicted molar refractivity (Wildman–Crippen MR) is 62.8 cm³/mol. The van der Waals surface area contributed by atoms with E-state index >= 15 is 0 Å². The highest BCUT2D eigenvalue weighted by molar-refractivity contribution is 5.42. The Morgan fingerprint density at radius 1 is 1.38 bits per heavy atom. The van der Waals surface area contributed by atoms with Crippen molar-refractivity contribution < 1.29 is 9.47 Å². The molecule has 4 heteroatoms. The monoisotopic (exact) mass is 222 g/mol. The van der Waals surface area contributed by atoms with Gasteiger partial charge in [0.15, 0.2) is 0 Å². The first-order valence-electron chi connectivity index (χ1n) is 5.70. The topological polar surface area (TPSA) is 43.4 Å². The molecule has 1 saturated carbocycles. The van der Waals surface area contributed by atoms with Gasteiger partial charge in [-0.2, -0.15) is 0 Å². The van der Waals surface area contributed by atoms with Crippen molar-refractivity contribution in [1.82, 2.24) is 4.98 Å². The molecule has 16 heavy (non-hydrogen) atoms. The number of hydrogen-bond acceptors (Lipinski definition) is 4. The Balaban J connectivity index is 1.74. The number of rotatable bonds is 7. The summed E-state index contributed by atoms with van der Waals surface area (Å²) in [4.78, 5) is 4.21. The van der Waals surface area contributed by atoms with Gasteiger partial charge in [-0.05, 0) is 24.8 Å². The lowest BCUT2D eigenvalue weighted by Gasteiger charge is -2.07. The predicted octanol–water partition coefficient (Wildman–Crippen LogP) is 1.93. The van der Waals surface area contributed by atoms with Crippen molar-refractivity contribution >= 4 is 5.69 Å². The van der Waals surface area contributed by atoms with Gasteiger partial charge in [-0.3, -0.25) is 0 Å². The summed E-state index contributed by atoms with van der Waals surface area (Å²) in [7, 11) is 1.65. The third-order valence-corrected chi connectivity index (χ3v) is 2.57. The van der Waals surface area contributed by atoms with Gasteiger partial charge in [0.1, 0.15) is 6.61 Å². The minimum Gasteiger partial charge on any atom is -0.475 e. The van der Waals surface area contributed by atoms with Crippen LogP contribution in [-0.4, -0.2) is 31.9 Å². The number of aromatic nitrogens is 1. The molecule has 2 rings (SSSR count). The van der Waals surface area contributed by atoms with Crippen molar-refractivity contribution in [2.45, 2.75) is 12.8 Å². The standard InChI is InChI=1S/C12H18N2O2/c1-15-6-7-16-12-5-4-11(9-14-12)13-8-10-2-3-10/h4-5,9-10,13H,2-3,6-8H2,1H3. The van der Waals surface area contributed by atoms with E-state index in [4.69, 9.17) is 9.47 Å². The lowest BCUT2D eigenvalue weighted by molar-refractivity contribution is 0.144. The molecule has 1 aliphatic carbocycles. The molecule has 0 amide bonds. The summed E-state index contributed by atoms with van der Waals surface area (Å²) in [5.41, 5.74) is 1.06. The molecular weight excluding hydrogens is 204 g/mol. The van der Waals surface area contributed by atoms with Crippen LogP contribution in [-0.2, 0) is 4.74 Å². The smallest absolute Gasteiger partial charge is 0.213 e. The summed E-state index contributed by atoms with van der Waals surface area (Å²) >= 11 is 0.